The molecule has 1 heterocycles. The number of phenolic OH excluding ortho intramolecular Hbond substituents is 2. The minimum absolute atomic E-state index is 0.00909. The number of ether oxygens (including phenoxy) is 2. The predicted octanol–water partition coefficient (Wildman–Crippen LogP) is 1.97. The molecular weight excluding hydrogens is 522 g/mol. The van der Waals surface area contributed by atoms with E-state index < -0.39 is 12.0 Å². The third-order valence-corrected chi connectivity index (χ3v) is 8.20. The van der Waals surface area contributed by atoms with Gasteiger partial charge in [0.05, 0.1) is 31.3 Å². The Labute approximate surface area is 239 Å². The Morgan fingerprint density at radius 2 is 1.95 bits per heavy atom. The third-order valence-electron chi connectivity index (χ3n) is 8.20. The molecule has 214 valence electrons. The van der Waals surface area contributed by atoms with E-state index in [1.807, 2.05) is 6.07 Å². The summed E-state index contributed by atoms with van der Waals surface area (Å²) in [5.41, 5.74) is 14.8. The number of aromatic hydroxyl groups is 2. The molecule has 3 aliphatic rings. The molecule has 2 aromatic carbocycles. The molecule has 2 aromatic rings. The van der Waals surface area contributed by atoms with Gasteiger partial charge in [0.15, 0.2) is 29.0 Å². The second kappa shape index (κ2) is 12.0. The summed E-state index contributed by atoms with van der Waals surface area (Å²) in [4.78, 5) is 17.3. The molecule has 4 atom stereocenters. The van der Waals surface area contributed by atoms with Gasteiger partial charge in [-0.05, 0) is 42.4 Å². The summed E-state index contributed by atoms with van der Waals surface area (Å²) < 4.78 is 11.6. The average Bonchev–Trinajstić information content (AvgIpc) is 2.95. The zero-order valence-electron chi connectivity index (χ0n) is 23.1. The number of nitrogens with zero attached hydrogens (tertiary/aromatic N) is 1. The van der Waals surface area contributed by atoms with E-state index >= 15 is 0 Å². The first kappa shape index (κ1) is 28.2. The molecule has 0 saturated heterocycles. The van der Waals surface area contributed by atoms with Gasteiger partial charge in [0.1, 0.15) is 5.78 Å². The monoisotopic (exact) mass is 557 g/mol. The highest BCUT2D eigenvalue weighted by atomic mass is 16.5. The Balaban J connectivity index is 1.62. The van der Waals surface area contributed by atoms with Gasteiger partial charge in [-0.2, -0.15) is 0 Å². The molecule has 41 heavy (non-hydrogen) atoms. The van der Waals surface area contributed by atoms with E-state index in [0.717, 1.165) is 16.7 Å². The highest BCUT2D eigenvalue weighted by molar-refractivity contribution is 5.79. The summed E-state index contributed by atoms with van der Waals surface area (Å²) in [6.45, 7) is 0.770. The van der Waals surface area contributed by atoms with Gasteiger partial charge >= 0.3 is 0 Å². The maximum atomic E-state index is 13.0. The number of Topliss-reactive ketones (excluding diaryl/α,β-unsaturated/α-hetero) is 1. The lowest BCUT2D eigenvalue weighted by atomic mass is 9.78. The van der Waals surface area contributed by atoms with Crippen molar-refractivity contribution < 1.29 is 29.6 Å². The minimum Gasteiger partial charge on any atom is -0.504 e. The molecule has 9 nitrogen and oxygen atoms in total. The van der Waals surface area contributed by atoms with E-state index in [4.69, 9.17) is 20.9 Å². The predicted molar refractivity (Wildman–Crippen MR) is 154 cm³/mol. The van der Waals surface area contributed by atoms with Crippen LogP contribution >= 0.6 is 0 Å². The SMILES string of the molecule is COc1c(O)ccc2c1C#CCc1cc3c4c(c1O)OC[C@@H](C4)[C@@H](CN=C(N)N)CC#C[C@H](C3)[C@@H](O)CC(=O)CC2. The van der Waals surface area contributed by atoms with Crippen LogP contribution < -0.4 is 20.9 Å². The number of carbonyl (C=O) groups excluding carboxylic acids is 1. The van der Waals surface area contributed by atoms with Crippen LogP contribution in [0.5, 0.6) is 23.0 Å². The molecule has 0 radical (unpaired) electrons. The number of aliphatic hydroxyl groups excluding tert-OH is 1. The zero-order valence-corrected chi connectivity index (χ0v) is 23.1. The van der Waals surface area contributed by atoms with Crippen LogP contribution in [0.25, 0.3) is 0 Å². The van der Waals surface area contributed by atoms with Gasteiger partial charge in [-0.25, -0.2) is 0 Å². The van der Waals surface area contributed by atoms with Gasteiger partial charge in [0, 0.05) is 49.3 Å². The van der Waals surface area contributed by atoms with Crippen LogP contribution in [0, 0.1) is 41.4 Å². The number of aryl methyl sites for hydroxylation is 1. The molecular formula is C32H35N3O6. The topological polar surface area (TPSA) is 161 Å². The van der Waals surface area contributed by atoms with Crippen molar-refractivity contribution in [3.63, 3.8) is 0 Å². The zero-order chi connectivity index (χ0) is 29.1. The lowest BCUT2D eigenvalue weighted by Gasteiger charge is -2.33. The van der Waals surface area contributed by atoms with Crippen molar-refractivity contribution in [2.24, 2.45) is 34.2 Å². The van der Waals surface area contributed by atoms with Crippen LogP contribution in [0.2, 0.25) is 0 Å². The maximum absolute atomic E-state index is 13.0. The smallest absolute Gasteiger partial charge is 0.185 e. The number of hydrogen-bond donors (Lipinski definition) is 5. The number of carbonyl (C=O) groups is 1. The van der Waals surface area contributed by atoms with Crippen molar-refractivity contribution in [2.75, 3.05) is 20.3 Å². The van der Waals surface area contributed by atoms with Crippen LogP contribution in [-0.4, -0.2) is 53.4 Å². The Hall–Kier alpha value is -4.34. The molecule has 0 fully saturated rings. The van der Waals surface area contributed by atoms with Crippen LogP contribution in [-0.2, 0) is 30.5 Å². The molecule has 5 bridgehead atoms. The normalized spacial score (nSPS) is 23.3. The fourth-order valence-electron chi connectivity index (χ4n) is 5.90. The highest BCUT2D eigenvalue weighted by Gasteiger charge is 2.33. The summed E-state index contributed by atoms with van der Waals surface area (Å²) in [7, 11) is 1.45. The fourth-order valence-corrected chi connectivity index (χ4v) is 5.90. The van der Waals surface area contributed by atoms with Crippen LogP contribution in [0.4, 0.5) is 0 Å². The number of aliphatic imine (C=N–C) groups is 1. The molecule has 0 aromatic heterocycles. The van der Waals surface area contributed by atoms with E-state index in [-0.39, 0.29) is 60.1 Å². The number of phenols is 2. The number of fused-ring (bicyclic) bond motifs is 4. The number of rotatable bonds is 3. The number of nitrogens with two attached hydrogens (primary N) is 2. The highest BCUT2D eigenvalue weighted by Crippen LogP contribution is 2.44. The second-order valence-corrected chi connectivity index (χ2v) is 10.9. The number of benzene rings is 2. The summed E-state index contributed by atoms with van der Waals surface area (Å²) in [6, 6.07) is 5.15. The largest absolute Gasteiger partial charge is 0.504 e. The molecule has 5 rings (SSSR count). The van der Waals surface area contributed by atoms with E-state index in [1.165, 1.54) is 13.2 Å². The Kier molecular flexibility index (Phi) is 8.28. The van der Waals surface area contributed by atoms with Crippen molar-refractivity contribution in [3.05, 3.63) is 46.0 Å². The number of ketones is 1. The molecule has 9 heteroatoms. The first-order valence-corrected chi connectivity index (χ1v) is 13.9. The molecule has 0 saturated carbocycles. The molecule has 1 aliphatic heterocycles. The summed E-state index contributed by atoms with van der Waals surface area (Å²) in [5.74, 6) is 12.9. The number of guanidine groups is 1. The van der Waals surface area contributed by atoms with Crippen LogP contribution in [0.15, 0.2) is 23.2 Å². The van der Waals surface area contributed by atoms with Gasteiger partial charge < -0.3 is 36.3 Å². The second-order valence-electron chi connectivity index (χ2n) is 10.9. The van der Waals surface area contributed by atoms with Gasteiger partial charge in [0.25, 0.3) is 0 Å². The van der Waals surface area contributed by atoms with Gasteiger partial charge in [-0.3, -0.25) is 9.79 Å². The van der Waals surface area contributed by atoms with E-state index in [2.05, 4.69) is 28.7 Å². The Morgan fingerprint density at radius 1 is 1.12 bits per heavy atom. The lowest BCUT2D eigenvalue weighted by Crippen LogP contribution is -2.33. The summed E-state index contributed by atoms with van der Waals surface area (Å²) >= 11 is 0. The van der Waals surface area contributed by atoms with Crippen molar-refractivity contribution in [2.45, 2.75) is 51.0 Å². The number of methoxy groups -OCH3 is 1. The number of aliphatic hydroxyl groups is 1. The number of hydrogen-bond acceptors (Lipinski definition) is 7. The standard InChI is InChI=1S/C32H35N3O6/c1-40-30-25-7-3-5-20-13-22-12-19(28(38)15-24(36)10-8-18(25)9-11-27(30)37)4-2-6-21(16-35-32(33)34)23-14-26(22)31(29(20)39)41-17-23/h9,11,13,19,21,23,28,37-39H,5-6,8,10,12,14-17H2,1H3,(H4,33,34,35)/t19-,21-,23-,28+/m1/s1. The van der Waals surface area contributed by atoms with Crippen molar-refractivity contribution in [1.29, 1.82) is 0 Å². The summed E-state index contributed by atoms with van der Waals surface area (Å²) in [5, 5.41) is 32.9. The van der Waals surface area contributed by atoms with Crippen molar-refractivity contribution in [1.82, 2.24) is 0 Å². The fraction of sp³-hybridized carbons (Fsp3) is 0.438. The third kappa shape index (κ3) is 6.06. The quantitative estimate of drug-likeness (QED) is 0.218. The van der Waals surface area contributed by atoms with Gasteiger partial charge in [-0.1, -0.05) is 29.9 Å². The molecule has 0 amide bonds. The Morgan fingerprint density at radius 3 is 2.73 bits per heavy atom. The molecule has 2 aliphatic carbocycles. The lowest BCUT2D eigenvalue weighted by molar-refractivity contribution is -0.121. The van der Waals surface area contributed by atoms with Gasteiger partial charge in [-0.15, -0.1) is 5.92 Å². The van der Waals surface area contributed by atoms with E-state index in [1.54, 1.807) is 6.07 Å². The Bertz CT molecular complexity index is 1510. The molecule has 0 unspecified atom stereocenters. The van der Waals surface area contributed by atoms with Crippen molar-refractivity contribution in [3.8, 4) is 46.7 Å². The van der Waals surface area contributed by atoms with Crippen LogP contribution in [0.3, 0.4) is 0 Å². The first-order chi connectivity index (χ1) is 19.7. The van der Waals surface area contributed by atoms with E-state index in [9.17, 15) is 20.1 Å². The average molecular weight is 558 g/mol. The summed E-state index contributed by atoms with van der Waals surface area (Å²) in [6.07, 6.45) is 1.31. The molecule has 7 N–H and O–H groups in total. The van der Waals surface area contributed by atoms with Crippen LogP contribution in [0.1, 0.15) is 47.1 Å². The maximum Gasteiger partial charge on any atom is 0.185 e. The molecule has 0 spiro atoms. The van der Waals surface area contributed by atoms with Crippen molar-refractivity contribution >= 4 is 11.7 Å². The van der Waals surface area contributed by atoms with Gasteiger partial charge in [0.2, 0.25) is 0 Å². The minimum atomic E-state index is -0.978. The first-order valence-electron chi connectivity index (χ1n) is 13.9. The van der Waals surface area contributed by atoms with E-state index in [0.29, 0.717) is 55.7 Å².